The minimum Gasteiger partial charge on any atom is -0.424 e. The summed E-state index contributed by atoms with van der Waals surface area (Å²) in [5, 5.41) is 28.1. The summed E-state index contributed by atoms with van der Waals surface area (Å²) in [7, 11) is 5.89. The molecule has 0 saturated carbocycles. The van der Waals surface area contributed by atoms with Crippen LogP contribution in [-0.4, -0.2) is 78.2 Å². The third-order valence-electron chi connectivity index (χ3n) is 5.85. The van der Waals surface area contributed by atoms with Crippen molar-refractivity contribution < 1.29 is 47.2 Å². The van der Waals surface area contributed by atoms with Gasteiger partial charge in [-0.25, -0.2) is 4.79 Å². The summed E-state index contributed by atoms with van der Waals surface area (Å²) in [6.45, 7) is -5.93. The quantitative estimate of drug-likeness (QED) is 0.202. The minimum atomic E-state index is -2.73. The summed E-state index contributed by atoms with van der Waals surface area (Å²) >= 11 is 12.0. The van der Waals surface area contributed by atoms with Crippen molar-refractivity contribution in [1.29, 1.82) is 0 Å². The van der Waals surface area contributed by atoms with E-state index in [4.69, 9.17) is 60.6 Å². The van der Waals surface area contributed by atoms with Crippen LogP contribution in [0.4, 0.5) is 0 Å². The predicted octanol–water partition coefficient (Wildman–Crippen LogP) is 2.78. The molecule has 3 aromatic rings. The van der Waals surface area contributed by atoms with Gasteiger partial charge in [0.1, 0.15) is 29.8 Å². The highest BCUT2D eigenvalue weighted by molar-refractivity contribution is 8.08. The van der Waals surface area contributed by atoms with E-state index in [2.05, 4.69) is 0 Å². The fourth-order valence-corrected chi connectivity index (χ4v) is 6.26. The number of hydrogen-bond acceptors (Lipinski definition) is 15. The summed E-state index contributed by atoms with van der Waals surface area (Å²) in [5.74, 6) is 1.19. The highest BCUT2D eigenvalue weighted by atomic mass is 32.5. The lowest BCUT2D eigenvalue weighted by atomic mass is 10.1. The normalized spacial score (nSPS) is 20.1. The Morgan fingerprint density at radius 1 is 0.818 bits per heavy atom. The lowest BCUT2D eigenvalue weighted by Crippen LogP contribution is -2.37. The van der Waals surface area contributed by atoms with Gasteiger partial charge >= 0.3 is 19.1 Å². The Hall–Kier alpha value is -1.95. The number of hydrogen-bond donors (Lipinski definition) is 4. The number of aliphatic hydroxyl groups is 3. The molecule has 2 aromatic carbocycles. The van der Waals surface area contributed by atoms with E-state index in [0.717, 1.165) is 26.6 Å². The first-order chi connectivity index (χ1) is 20.9. The molecule has 242 valence electrons. The summed E-state index contributed by atoms with van der Waals surface area (Å²) < 4.78 is 37.8. The van der Waals surface area contributed by atoms with Gasteiger partial charge in [0.2, 0.25) is 0 Å². The molecule has 1 fully saturated rings. The Labute approximate surface area is 267 Å². The van der Waals surface area contributed by atoms with Gasteiger partial charge in [-0.1, -0.05) is 11.8 Å². The van der Waals surface area contributed by atoms with Gasteiger partial charge in [0.25, 0.3) is 5.56 Å². The maximum Gasteiger partial charge on any atom is 0.380 e. The van der Waals surface area contributed by atoms with Crippen molar-refractivity contribution in [1.82, 2.24) is 9.55 Å². The SMILES string of the molecule is COP(=S)(OC)Oc1ccc(Sc2ccc(OP(=S)(OC)OC)cc2)cc1.O=c1ccn([C@@H]2O[C@H](CO)[C@@H](O)[C@H]2O)c(=O)[nH]1. The van der Waals surface area contributed by atoms with Crippen molar-refractivity contribution in [2.45, 2.75) is 34.3 Å². The maximum atomic E-state index is 11.4. The van der Waals surface area contributed by atoms with Gasteiger partial charge in [0.05, 0.1) is 6.61 Å². The highest BCUT2D eigenvalue weighted by Gasteiger charge is 2.43. The number of aromatic nitrogens is 2. The molecule has 0 amide bonds. The highest BCUT2D eigenvalue weighted by Crippen LogP contribution is 2.49. The summed E-state index contributed by atoms with van der Waals surface area (Å²) in [6, 6.07) is 16.1. The number of aliphatic hydroxyl groups excluding tert-OH is 3. The van der Waals surface area contributed by atoms with E-state index < -0.39 is 55.8 Å². The monoisotopic (exact) mass is 710 g/mol. The van der Waals surface area contributed by atoms with Gasteiger partial charge in [-0.3, -0.25) is 14.3 Å². The van der Waals surface area contributed by atoms with Crippen molar-refractivity contribution in [2.24, 2.45) is 0 Å². The molecule has 1 aliphatic heterocycles. The van der Waals surface area contributed by atoms with Crippen LogP contribution in [0.1, 0.15) is 6.23 Å². The second-order valence-corrected chi connectivity index (χ2v) is 16.0. The van der Waals surface area contributed by atoms with Gasteiger partial charge in [0.15, 0.2) is 6.23 Å². The molecule has 4 N–H and O–H groups in total. The van der Waals surface area contributed by atoms with Crippen molar-refractivity contribution in [3.63, 3.8) is 0 Å². The molecule has 0 bridgehead atoms. The van der Waals surface area contributed by atoms with E-state index in [1.165, 1.54) is 28.4 Å². The number of nitrogens with zero attached hydrogens (tertiary/aromatic N) is 1. The molecular formula is C25H32N2O12P2S3. The van der Waals surface area contributed by atoms with Crippen LogP contribution in [-0.2, 0) is 46.4 Å². The molecule has 1 aromatic heterocycles. The first-order valence-corrected chi connectivity index (χ1v) is 18.5. The van der Waals surface area contributed by atoms with Crippen LogP contribution in [0.2, 0.25) is 0 Å². The van der Waals surface area contributed by atoms with Crippen LogP contribution in [0.5, 0.6) is 11.5 Å². The molecule has 44 heavy (non-hydrogen) atoms. The molecule has 0 radical (unpaired) electrons. The number of aromatic amines is 1. The second kappa shape index (κ2) is 16.6. The Kier molecular flexibility index (Phi) is 13.7. The van der Waals surface area contributed by atoms with Crippen LogP contribution in [0.15, 0.2) is 80.2 Å². The smallest absolute Gasteiger partial charge is 0.380 e. The zero-order valence-corrected chi connectivity index (χ0v) is 28.1. The van der Waals surface area contributed by atoms with Gasteiger partial charge < -0.3 is 47.2 Å². The minimum absolute atomic E-state index is 0.479. The van der Waals surface area contributed by atoms with E-state index in [1.54, 1.807) is 11.8 Å². The molecule has 4 rings (SSSR count). The van der Waals surface area contributed by atoms with Gasteiger partial charge in [-0.2, -0.15) is 0 Å². The number of H-pyrrole nitrogens is 1. The second-order valence-electron chi connectivity index (χ2n) is 8.60. The molecule has 19 heteroatoms. The standard InChI is InChI=1S/C16H20O6P2S3.C9H12N2O6/c1-17-23(25,18-2)21-13-5-9-15(10-6-13)27-16-11-7-14(8-12-16)22-24(26,19-3)20-4;12-3-4-6(14)7(15)8(17-4)11-2-1-5(13)10-9(11)16/h5-12H,1-4H3;1-2,4,6-8,12,14-15H,3H2,(H,10,13,16)/t;4-,6-,7-,8-/m.1/s1. The lowest BCUT2D eigenvalue weighted by Gasteiger charge is -2.18. The Morgan fingerprint density at radius 3 is 1.64 bits per heavy atom. The molecular weight excluding hydrogens is 678 g/mol. The maximum absolute atomic E-state index is 11.4. The van der Waals surface area contributed by atoms with Crippen LogP contribution < -0.4 is 20.3 Å². The molecule has 2 heterocycles. The summed E-state index contributed by atoms with van der Waals surface area (Å²) in [6.07, 6.45) is -3.58. The fourth-order valence-electron chi connectivity index (χ4n) is 3.57. The van der Waals surface area contributed by atoms with Crippen LogP contribution in [0.25, 0.3) is 0 Å². The van der Waals surface area contributed by atoms with Crippen molar-refractivity contribution >= 4 is 48.8 Å². The van der Waals surface area contributed by atoms with E-state index in [-0.39, 0.29) is 0 Å². The van der Waals surface area contributed by atoms with Crippen molar-refractivity contribution in [2.75, 3.05) is 35.0 Å². The number of rotatable bonds is 12. The average molecular weight is 711 g/mol. The van der Waals surface area contributed by atoms with E-state index in [0.29, 0.717) is 11.5 Å². The van der Waals surface area contributed by atoms with Crippen LogP contribution in [0.3, 0.4) is 0 Å². The van der Waals surface area contributed by atoms with Crippen molar-refractivity contribution in [3.8, 4) is 11.5 Å². The third-order valence-corrected chi connectivity index (χ3v) is 11.8. The lowest BCUT2D eigenvalue weighted by molar-refractivity contribution is -0.0550. The average Bonchev–Trinajstić information content (AvgIpc) is 3.32. The Balaban J connectivity index is 0.000000266. The Bertz CT molecular complexity index is 1490. The van der Waals surface area contributed by atoms with E-state index in [9.17, 15) is 19.8 Å². The van der Waals surface area contributed by atoms with Gasteiger partial charge in [-0.15, -0.1) is 0 Å². The topological polar surface area (TPSA) is 180 Å². The zero-order valence-electron chi connectivity index (χ0n) is 23.9. The molecule has 0 aliphatic carbocycles. The van der Waals surface area contributed by atoms with Crippen LogP contribution >= 0.6 is 25.2 Å². The fraction of sp³-hybridized carbons (Fsp3) is 0.360. The largest absolute Gasteiger partial charge is 0.424 e. The molecule has 4 atom stereocenters. The molecule has 1 aliphatic rings. The number of nitrogens with one attached hydrogen (secondary N) is 1. The van der Waals surface area contributed by atoms with Gasteiger partial charge in [-0.05, 0) is 48.5 Å². The first kappa shape index (κ1) is 36.5. The van der Waals surface area contributed by atoms with Crippen LogP contribution in [0, 0.1) is 0 Å². The summed E-state index contributed by atoms with van der Waals surface area (Å²) in [4.78, 5) is 26.4. The van der Waals surface area contributed by atoms with Crippen molar-refractivity contribution in [3.05, 3.63) is 81.6 Å². The molecule has 0 unspecified atom stereocenters. The number of ether oxygens (including phenoxy) is 1. The third kappa shape index (κ3) is 9.77. The first-order valence-electron chi connectivity index (χ1n) is 12.5. The Morgan fingerprint density at radius 2 is 1.27 bits per heavy atom. The molecule has 14 nitrogen and oxygen atoms in total. The molecule has 1 saturated heterocycles. The van der Waals surface area contributed by atoms with E-state index >= 15 is 0 Å². The van der Waals surface area contributed by atoms with E-state index in [1.807, 2.05) is 53.5 Å². The van der Waals surface area contributed by atoms with Gasteiger partial charge in [0, 0.05) is 74.1 Å². The predicted molar refractivity (Wildman–Crippen MR) is 169 cm³/mol. The molecule has 0 spiro atoms. The summed E-state index contributed by atoms with van der Waals surface area (Å²) in [5.41, 5.74) is -1.33. The number of benzene rings is 2. The zero-order chi connectivity index (χ0) is 32.5.